The molecule has 0 fully saturated rings. The minimum Gasteiger partial charge on any atom is -0.314 e. The van der Waals surface area contributed by atoms with Crippen molar-refractivity contribution in [3.63, 3.8) is 0 Å². The van der Waals surface area contributed by atoms with Crippen molar-refractivity contribution in [2.45, 2.75) is 39.2 Å². The van der Waals surface area contributed by atoms with Crippen LogP contribution in [0.15, 0.2) is 22.2 Å². The maximum atomic E-state index is 4.56. The third-order valence-electron chi connectivity index (χ3n) is 2.94. The first-order valence-electron chi connectivity index (χ1n) is 6.43. The van der Waals surface area contributed by atoms with Crippen LogP contribution in [0.5, 0.6) is 0 Å². The lowest BCUT2D eigenvalue weighted by Crippen LogP contribution is -2.31. The van der Waals surface area contributed by atoms with Gasteiger partial charge in [0.15, 0.2) is 0 Å². The van der Waals surface area contributed by atoms with Crippen LogP contribution < -0.4 is 5.32 Å². The summed E-state index contributed by atoms with van der Waals surface area (Å²) in [6, 6.07) is 2.77. The summed E-state index contributed by atoms with van der Waals surface area (Å²) in [5.41, 5.74) is 2.60. The minimum absolute atomic E-state index is 0.542. The van der Waals surface area contributed by atoms with Gasteiger partial charge in [-0.25, -0.2) is 4.98 Å². The van der Waals surface area contributed by atoms with Gasteiger partial charge in [0.1, 0.15) is 0 Å². The highest BCUT2D eigenvalue weighted by atomic mass is 32.1. The molecule has 0 bridgehead atoms. The number of thiazole rings is 1. The molecule has 2 aromatic rings. The maximum absolute atomic E-state index is 4.56. The summed E-state index contributed by atoms with van der Waals surface area (Å²) in [4.78, 5) is 4.56. The molecule has 98 valence electrons. The van der Waals surface area contributed by atoms with E-state index in [1.807, 2.05) is 0 Å². The van der Waals surface area contributed by atoms with Gasteiger partial charge in [-0.15, -0.1) is 11.3 Å². The fourth-order valence-electron chi connectivity index (χ4n) is 2.05. The van der Waals surface area contributed by atoms with E-state index in [0.717, 1.165) is 25.1 Å². The third-order valence-corrected chi connectivity index (χ3v) is 4.66. The minimum atomic E-state index is 0.542. The second-order valence-electron chi connectivity index (χ2n) is 4.51. The Bertz CT molecular complexity index is 448. The summed E-state index contributed by atoms with van der Waals surface area (Å²) in [6.45, 7) is 5.26. The van der Waals surface area contributed by atoms with E-state index in [9.17, 15) is 0 Å². The van der Waals surface area contributed by atoms with Crippen molar-refractivity contribution < 1.29 is 0 Å². The van der Waals surface area contributed by atoms with E-state index in [0.29, 0.717) is 6.04 Å². The number of hydrogen-bond donors (Lipinski definition) is 1. The zero-order valence-corrected chi connectivity index (χ0v) is 12.6. The van der Waals surface area contributed by atoms with Crippen molar-refractivity contribution in [3.8, 4) is 0 Å². The molecule has 0 saturated heterocycles. The largest absolute Gasteiger partial charge is 0.314 e. The highest BCUT2D eigenvalue weighted by molar-refractivity contribution is 7.09. The van der Waals surface area contributed by atoms with E-state index in [1.165, 1.54) is 17.0 Å². The fourth-order valence-corrected chi connectivity index (χ4v) is 3.60. The summed E-state index contributed by atoms with van der Waals surface area (Å²) < 4.78 is 0. The smallest absolute Gasteiger partial charge is 0.0943 e. The van der Waals surface area contributed by atoms with Crippen molar-refractivity contribution in [3.05, 3.63) is 38.5 Å². The zero-order valence-electron chi connectivity index (χ0n) is 11.0. The lowest BCUT2D eigenvalue weighted by Gasteiger charge is -2.16. The standard InChI is InChI=1S/C14H20N2S2/c1-3-15-13(5-4-12-6-7-17-10-12)8-14-16-11(2)9-18-14/h6-7,9-10,13,15H,3-5,8H2,1-2H3. The average Bonchev–Trinajstić information content (AvgIpc) is 2.98. The van der Waals surface area contributed by atoms with Crippen molar-refractivity contribution in [1.82, 2.24) is 10.3 Å². The molecule has 0 aliphatic rings. The highest BCUT2D eigenvalue weighted by Crippen LogP contribution is 2.15. The number of likely N-dealkylation sites (N-methyl/N-ethyl adjacent to an activating group) is 1. The van der Waals surface area contributed by atoms with Gasteiger partial charge in [-0.05, 0) is 48.7 Å². The summed E-state index contributed by atoms with van der Waals surface area (Å²) in [5.74, 6) is 0. The van der Waals surface area contributed by atoms with Gasteiger partial charge in [-0.3, -0.25) is 0 Å². The lowest BCUT2D eigenvalue weighted by molar-refractivity contribution is 0.490. The predicted octanol–water partition coefficient (Wildman–Crippen LogP) is 3.67. The monoisotopic (exact) mass is 280 g/mol. The van der Waals surface area contributed by atoms with Crippen LogP contribution in [-0.4, -0.2) is 17.6 Å². The SMILES string of the molecule is CCNC(CCc1ccsc1)Cc1nc(C)cs1. The molecule has 0 aliphatic carbocycles. The average molecular weight is 280 g/mol. The lowest BCUT2D eigenvalue weighted by atomic mass is 10.1. The first-order chi connectivity index (χ1) is 8.78. The van der Waals surface area contributed by atoms with E-state index in [1.54, 1.807) is 22.7 Å². The molecular weight excluding hydrogens is 260 g/mol. The number of hydrogen-bond acceptors (Lipinski definition) is 4. The first-order valence-corrected chi connectivity index (χ1v) is 8.25. The van der Waals surface area contributed by atoms with Crippen LogP contribution in [0.2, 0.25) is 0 Å². The van der Waals surface area contributed by atoms with Gasteiger partial charge >= 0.3 is 0 Å². The number of nitrogens with zero attached hydrogens (tertiary/aromatic N) is 1. The Morgan fingerprint density at radius 1 is 1.39 bits per heavy atom. The van der Waals surface area contributed by atoms with Crippen molar-refractivity contribution in [2.24, 2.45) is 0 Å². The molecule has 2 aromatic heterocycles. The number of thiophene rings is 1. The Morgan fingerprint density at radius 3 is 2.89 bits per heavy atom. The molecule has 0 radical (unpaired) electrons. The van der Waals surface area contributed by atoms with Crippen molar-refractivity contribution in [1.29, 1.82) is 0 Å². The highest BCUT2D eigenvalue weighted by Gasteiger charge is 2.11. The van der Waals surface area contributed by atoms with Crippen LogP contribution >= 0.6 is 22.7 Å². The van der Waals surface area contributed by atoms with E-state index in [-0.39, 0.29) is 0 Å². The summed E-state index contributed by atoms with van der Waals surface area (Å²) in [7, 11) is 0. The quantitative estimate of drug-likeness (QED) is 0.837. The fraction of sp³-hybridized carbons (Fsp3) is 0.500. The van der Waals surface area contributed by atoms with E-state index in [4.69, 9.17) is 0 Å². The van der Waals surface area contributed by atoms with Crippen LogP contribution in [0.1, 0.15) is 29.6 Å². The number of nitrogens with one attached hydrogen (secondary N) is 1. The molecular formula is C14H20N2S2. The van der Waals surface area contributed by atoms with Gasteiger partial charge in [0.05, 0.1) is 5.01 Å². The normalized spacial score (nSPS) is 12.8. The Balaban J connectivity index is 1.87. The topological polar surface area (TPSA) is 24.9 Å². The molecule has 4 heteroatoms. The molecule has 2 heterocycles. The van der Waals surface area contributed by atoms with Gasteiger partial charge in [0.2, 0.25) is 0 Å². The van der Waals surface area contributed by atoms with Gasteiger partial charge in [-0.2, -0.15) is 11.3 Å². The molecule has 0 saturated carbocycles. The number of aryl methyl sites for hydroxylation is 2. The van der Waals surface area contributed by atoms with Crippen LogP contribution in [0.3, 0.4) is 0 Å². The second kappa shape index (κ2) is 7.02. The second-order valence-corrected chi connectivity index (χ2v) is 6.23. The zero-order chi connectivity index (χ0) is 12.8. The maximum Gasteiger partial charge on any atom is 0.0943 e. The van der Waals surface area contributed by atoms with Gasteiger partial charge in [-0.1, -0.05) is 6.92 Å². The van der Waals surface area contributed by atoms with E-state index < -0.39 is 0 Å². The Labute approximate surface area is 117 Å². The Hall–Kier alpha value is -0.710. The van der Waals surface area contributed by atoms with Crippen LogP contribution in [-0.2, 0) is 12.8 Å². The molecule has 0 amide bonds. The molecule has 1 unspecified atom stereocenters. The van der Waals surface area contributed by atoms with Gasteiger partial charge in [0, 0.05) is 23.5 Å². The third kappa shape index (κ3) is 4.19. The Morgan fingerprint density at radius 2 is 2.28 bits per heavy atom. The molecule has 18 heavy (non-hydrogen) atoms. The number of rotatable bonds is 7. The molecule has 0 aromatic carbocycles. The summed E-state index contributed by atoms with van der Waals surface area (Å²) >= 11 is 3.56. The molecule has 1 atom stereocenters. The molecule has 0 spiro atoms. The number of aromatic nitrogens is 1. The van der Waals surface area contributed by atoms with Crippen LogP contribution in [0, 0.1) is 6.92 Å². The predicted molar refractivity (Wildman–Crippen MR) is 80.7 cm³/mol. The summed E-state index contributed by atoms with van der Waals surface area (Å²) in [5, 5.41) is 11.4. The van der Waals surface area contributed by atoms with Crippen molar-refractivity contribution in [2.75, 3.05) is 6.54 Å². The van der Waals surface area contributed by atoms with Gasteiger partial charge < -0.3 is 5.32 Å². The first kappa shape index (κ1) is 13.7. The molecule has 2 rings (SSSR count). The van der Waals surface area contributed by atoms with Gasteiger partial charge in [0.25, 0.3) is 0 Å². The van der Waals surface area contributed by atoms with Crippen molar-refractivity contribution >= 4 is 22.7 Å². The molecule has 1 N–H and O–H groups in total. The van der Waals surface area contributed by atoms with E-state index in [2.05, 4.69) is 46.4 Å². The molecule has 0 aliphatic heterocycles. The van der Waals surface area contributed by atoms with Crippen LogP contribution in [0.25, 0.3) is 0 Å². The van der Waals surface area contributed by atoms with E-state index >= 15 is 0 Å². The van der Waals surface area contributed by atoms with Crippen LogP contribution in [0.4, 0.5) is 0 Å². The molecule has 2 nitrogen and oxygen atoms in total. The summed E-state index contributed by atoms with van der Waals surface area (Å²) in [6.07, 6.45) is 3.39. The Kier molecular flexibility index (Phi) is 5.35.